The number of carbonyl (C=O) groups is 1. The fourth-order valence-corrected chi connectivity index (χ4v) is 5.05. The summed E-state index contributed by atoms with van der Waals surface area (Å²) >= 11 is 0. The van der Waals surface area contributed by atoms with Gasteiger partial charge in [0.1, 0.15) is 0 Å². The van der Waals surface area contributed by atoms with Crippen molar-refractivity contribution in [2.24, 2.45) is 11.3 Å². The molecule has 3 fully saturated rings. The highest BCUT2D eigenvalue weighted by molar-refractivity contribution is 5.79. The van der Waals surface area contributed by atoms with Gasteiger partial charge in [-0.05, 0) is 64.1 Å². The van der Waals surface area contributed by atoms with Gasteiger partial charge in [0.05, 0.1) is 0 Å². The number of piperidine rings is 2. The highest BCUT2D eigenvalue weighted by Gasteiger charge is 2.38. The SMILES string of the molecule is CN1CCC(N2CCC(NC(=O)C3CCCCC3(C)C)CC2)CC1. The molecule has 0 bridgehead atoms. The van der Waals surface area contributed by atoms with Gasteiger partial charge in [0.15, 0.2) is 0 Å². The summed E-state index contributed by atoms with van der Waals surface area (Å²) in [5.74, 6) is 0.551. The van der Waals surface area contributed by atoms with Crippen molar-refractivity contribution >= 4 is 5.91 Å². The van der Waals surface area contributed by atoms with E-state index in [9.17, 15) is 4.79 Å². The number of rotatable bonds is 3. The quantitative estimate of drug-likeness (QED) is 0.861. The van der Waals surface area contributed by atoms with Crippen molar-refractivity contribution in [3.8, 4) is 0 Å². The number of carbonyl (C=O) groups excluding carboxylic acids is 1. The molecule has 4 nitrogen and oxygen atoms in total. The lowest BCUT2D eigenvalue weighted by molar-refractivity contribution is -0.131. The molecule has 0 aromatic rings. The first-order chi connectivity index (χ1) is 11.5. The van der Waals surface area contributed by atoms with Gasteiger partial charge in [-0.25, -0.2) is 0 Å². The molecular weight excluding hydrogens is 298 g/mol. The van der Waals surface area contributed by atoms with Gasteiger partial charge in [-0.15, -0.1) is 0 Å². The van der Waals surface area contributed by atoms with Crippen LogP contribution in [0, 0.1) is 11.3 Å². The Balaban J connectivity index is 1.44. The number of hydrogen-bond acceptors (Lipinski definition) is 3. The lowest BCUT2D eigenvalue weighted by Gasteiger charge is -2.42. The van der Waals surface area contributed by atoms with Crippen LogP contribution in [-0.2, 0) is 4.79 Å². The van der Waals surface area contributed by atoms with E-state index < -0.39 is 0 Å². The average Bonchev–Trinajstić information content (AvgIpc) is 2.56. The van der Waals surface area contributed by atoms with E-state index >= 15 is 0 Å². The Morgan fingerprint density at radius 1 is 0.958 bits per heavy atom. The van der Waals surface area contributed by atoms with Crippen LogP contribution in [0.1, 0.15) is 65.2 Å². The molecule has 4 heteroatoms. The summed E-state index contributed by atoms with van der Waals surface area (Å²) in [7, 11) is 2.23. The topological polar surface area (TPSA) is 35.6 Å². The van der Waals surface area contributed by atoms with E-state index in [1.807, 2.05) is 0 Å². The molecule has 1 aliphatic carbocycles. The van der Waals surface area contributed by atoms with E-state index in [1.165, 1.54) is 45.2 Å². The molecule has 1 saturated carbocycles. The van der Waals surface area contributed by atoms with Crippen LogP contribution in [0.3, 0.4) is 0 Å². The van der Waals surface area contributed by atoms with E-state index in [0.29, 0.717) is 11.9 Å². The van der Waals surface area contributed by atoms with Gasteiger partial charge in [-0.3, -0.25) is 4.79 Å². The number of amides is 1. The Kier molecular flexibility index (Phi) is 5.86. The van der Waals surface area contributed by atoms with E-state index in [-0.39, 0.29) is 11.3 Å². The van der Waals surface area contributed by atoms with Gasteiger partial charge >= 0.3 is 0 Å². The first-order valence-electron chi connectivity index (χ1n) is 10.2. The monoisotopic (exact) mass is 335 g/mol. The summed E-state index contributed by atoms with van der Waals surface area (Å²) in [6.45, 7) is 9.34. The van der Waals surface area contributed by atoms with Crippen LogP contribution in [0.4, 0.5) is 0 Å². The van der Waals surface area contributed by atoms with Gasteiger partial charge in [0.25, 0.3) is 0 Å². The third-order valence-electron chi connectivity index (χ3n) is 6.90. The fraction of sp³-hybridized carbons (Fsp3) is 0.950. The molecule has 1 atom stereocenters. The Morgan fingerprint density at radius 2 is 1.62 bits per heavy atom. The maximum atomic E-state index is 12.8. The molecule has 2 aliphatic heterocycles. The maximum Gasteiger partial charge on any atom is 0.223 e. The number of hydrogen-bond donors (Lipinski definition) is 1. The Labute approximate surface area is 148 Å². The van der Waals surface area contributed by atoms with E-state index in [0.717, 1.165) is 38.4 Å². The predicted molar refractivity (Wildman–Crippen MR) is 99.0 cm³/mol. The molecule has 1 N–H and O–H groups in total. The molecule has 0 radical (unpaired) electrons. The molecule has 0 spiro atoms. The summed E-state index contributed by atoms with van der Waals surface area (Å²) in [6.07, 6.45) is 9.65. The number of nitrogens with zero attached hydrogens (tertiary/aromatic N) is 2. The minimum atomic E-state index is 0.178. The first kappa shape index (κ1) is 18.2. The molecule has 2 saturated heterocycles. The van der Waals surface area contributed by atoms with Gasteiger partial charge in [0, 0.05) is 31.1 Å². The van der Waals surface area contributed by atoms with E-state index in [2.05, 4.69) is 36.0 Å². The maximum absolute atomic E-state index is 12.8. The third-order valence-corrected chi connectivity index (χ3v) is 6.90. The van der Waals surface area contributed by atoms with Crippen molar-refractivity contribution in [1.82, 2.24) is 15.1 Å². The second kappa shape index (κ2) is 7.74. The second-order valence-corrected chi connectivity index (χ2v) is 9.14. The smallest absolute Gasteiger partial charge is 0.223 e. The van der Waals surface area contributed by atoms with E-state index in [1.54, 1.807) is 0 Å². The molecule has 2 heterocycles. The standard InChI is InChI=1S/C20H37N3O/c1-20(2)11-5-4-6-18(20)19(24)21-16-7-14-23(15-8-16)17-9-12-22(3)13-10-17/h16-18H,4-15H2,1-3H3,(H,21,24). The number of nitrogens with one attached hydrogen (secondary N) is 1. The lowest BCUT2D eigenvalue weighted by Crippen LogP contribution is -2.52. The van der Waals surface area contributed by atoms with Crippen molar-refractivity contribution in [3.05, 3.63) is 0 Å². The zero-order valence-corrected chi connectivity index (χ0v) is 16.0. The predicted octanol–water partition coefficient (Wildman–Crippen LogP) is 2.88. The van der Waals surface area contributed by atoms with Gasteiger partial charge in [-0.1, -0.05) is 26.7 Å². The summed E-state index contributed by atoms with van der Waals surface area (Å²) in [5.41, 5.74) is 0.178. The summed E-state index contributed by atoms with van der Waals surface area (Å²) < 4.78 is 0. The minimum Gasteiger partial charge on any atom is -0.353 e. The van der Waals surface area contributed by atoms with Crippen molar-refractivity contribution in [3.63, 3.8) is 0 Å². The van der Waals surface area contributed by atoms with Crippen molar-refractivity contribution in [2.45, 2.75) is 77.3 Å². The summed E-state index contributed by atoms with van der Waals surface area (Å²) in [6, 6.07) is 1.17. The van der Waals surface area contributed by atoms with Gasteiger partial charge < -0.3 is 15.1 Å². The molecule has 3 aliphatic rings. The van der Waals surface area contributed by atoms with Gasteiger partial charge in [0.2, 0.25) is 5.91 Å². The van der Waals surface area contributed by atoms with Crippen LogP contribution in [-0.4, -0.2) is 61.0 Å². The third kappa shape index (κ3) is 4.32. The number of likely N-dealkylation sites (tertiary alicyclic amines) is 2. The average molecular weight is 336 g/mol. The minimum absolute atomic E-state index is 0.178. The lowest BCUT2D eigenvalue weighted by atomic mass is 9.68. The summed E-state index contributed by atoms with van der Waals surface area (Å²) in [5, 5.41) is 3.40. The molecule has 0 aromatic heterocycles. The molecule has 3 rings (SSSR count). The van der Waals surface area contributed by atoms with Crippen LogP contribution in [0.2, 0.25) is 0 Å². The zero-order chi connectivity index (χ0) is 17.2. The van der Waals surface area contributed by atoms with Crippen LogP contribution >= 0.6 is 0 Å². The molecule has 24 heavy (non-hydrogen) atoms. The Hall–Kier alpha value is -0.610. The largest absolute Gasteiger partial charge is 0.353 e. The Morgan fingerprint density at radius 3 is 2.25 bits per heavy atom. The first-order valence-corrected chi connectivity index (χ1v) is 10.2. The van der Waals surface area contributed by atoms with Crippen molar-refractivity contribution in [1.29, 1.82) is 0 Å². The van der Waals surface area contributed by atoms with Crippen molar-refractivity contribution in [2.75, 3.05) is 33.2 Å². The fourth-order valence-electron chi connectivity index (χ4n) is 5.05. The normalized spacial score (nSPS) is 31.0. The molecule has 138 valence electrons. The second-order valence-electron chi connectivity index (χ2n) is 9.14. The molecular formula is C20H37N3O. The zero-order valence-electron chi connectivity index (χ0n) is 16.0. The highest BCUT2D eigenvalue weighted by atomic mass is 16.2. The van der Waals surface area contributed by atoms with Crippen LogP contribution in [0.25, 0.3) is 0 Å². The summed E-state index contributed by atoms with van der Waals surface area (Å²) in [4.78, 5) is 17.9. The molecule has 1 amide bonds. The van der Waals surface area contributed by atoms with Crippen LogP contribution in [0.5, 0.6) is 0 Å². The van der Waals surface area contributed by atoms with Crippen LogP contribution in [0.15, 0.2) is 0 Å². The van der Waals surface area contributed by atoms with Gasteiger partial charge in [-0.2, -0.15) is 0 Å². The van der Waals surface area contributed by atoms with Crippen LogP contribution < -0.4 is 5.32 Å². The highest BCUT2D eigenvalue weighted by Crippen LogP contribution is 2.40. The Bertz CT molecular complexity index is 421. The molecule has 1 unspecified atom stereocenters. The molecule has 0 aromatic carbocycles. The van der Waals surface area contributed by atoms with E-state index in [4.69, 9.17) is 0 Å². The van der Waals surface area contributed by atoms with Crippen molar-refractivity contribution < 1.29 is 4.79 Å².